The molecular weight excluding hydrogens is 360 g/mol. The third kappa shape index (κ3) is 3.52. The van der Waals surface area contributed by atoms with Crippen LogP contribution in [0.3, 0.4) is 0 Å². The Morgan fingerprint density at radius 3 is 2.50 bits per heavy atom. The molecule has 0 N–H and O–H groups in total. The maximum Gasteiger partial charge on any atom is 0.0519 e. The molecular formula is C27H45Cl. The lowest BCUT2D eigenvalue weighted by Crippen LogP contribution is -2.52. The van der Waals surface area contributed by atoms with E-state index in [2.05, 4.69) is 46.8 Å². The van der Waals surface area contributed by atoms with Crippen molar-refractivity contribution in [3.63, 3.8) is 0 Å². The first-order chi connectivity index (χ1) is 13.3. The van der Waals surface area contributed by atoms with Crippen LogP contribution < -0.4 is 0 Å². The SMILES string of the molecule is CC(C)CCC[C@@H](C)[C@@H]1CC[C@@H]2[C@@H]3CC[C@H]4C[C@H](Cl)C=C[C@]4(C)[C@H]3CC[C@@]21C. The average Bonchev–Trinajstić information content (AvgIpc) is 2.99. The third-order valence-corrected chi connectivity index (χ3v) is 10.7. The molecule has 0 amide bonds. The summed E-state index contributed by atoms with van der Waals surface area (Å²) in [6.07, 6.45) is 19.3. The smallest absolute Gasteiger partial charge is 0.0519 e. The van der Waals surface area contributed by atoms with Crippen molar-refractivity contribution in [2.75, 3.05) is 0 Å². The molecule has 0 aromatic rings. The summed E-state index contributed by atoms with van der Waals surface area (Å²) in [7, 11) is 0. The van der Waals surface area contributed by atoms with Crippen LogP contribution in [-0.4, -0.2) is 5.38 Å². The molecule has 0 saturated heterocycles. The molecule has 0 aromatic carbocycles. The fourth-order valence-corrected chi connectivity index (χ4v) is 9.08. The molecule has 1 heteroatoms. The number of hydrogen-bond donors (Lipinski definition) is 0. The minimum atomic E-state index is 0.283. The first-order valence-corrected chi connectivity index (χ1v) is 13.0. The Labute approximate surface area is 180 Å². The van der Waals surface area contributed by atoms with Crippen LogP contribution in [0.25, 0.3) is 0 Å². The Bertz CT molecular complexity index is 579. The summed E-state index contributed by atoms with van der Waals surface area (Å²) in [5.41, 5.74) is 1.05. The van der Waals surface area contributed by atoms with Crippen molar-refractivity contribution in [1.29, 1.82) is 0 Å². The van der Waals surface area contributed by atoms with Crippen molar-refractivity contribution in [2.45, 2.75) is 104 Å². The third-order valence-electron chi connectivity index (χ3n) is 10.3. The molecule has 0 radical (unpaired) electrons. The molecule has 0 bridgehead atoms. The van der Waals surface area contributed by atoms with Gasteiger partial charge in [-0.15, -0.1) is 11.6 Å². The van der Waals surface area contributed by atoms with Gasteiger partial charge in [-0.2, -0.15) is 0 Å². The molecule has 9 atom stereocenters. The molecule has 0 nitrogen and oxygen atoms in total. The van der Waals surface area contributed by atoms with Gasteiger partial charge in [0.2, 0.25) is 0 Å². The van der Waals surface area contributed by atoms with Crippen molar-refractivity contribution >= 4 is 11.6 Å². The molecule has 4 aliphatic rings. The van der Waals surface area contributed by atoms with E-state index >= 15 is 0 Å². The zero-order valence-corrected chi connectivity index (χ0v) is 20.0. The van der Waals surface area contributed by atoms with E-state index in [1.807, 2.05) is 0 Å². The van der Waals surface area contributed by atoms with Crippen LogP contribution in [0.2, 0.25) is 0 Å². The largest absolute Gasteiger partial charge is 0.118 e. The number of halogens is 1. The Balaban J connectivity index is 1.48. The molecule has 28 heavy (non-hydrogen) atoms. The molecule has 4 rings (SSSR count). The summed E-state index contributed by atoms with van der Waals surface area (Å²) < 4.78 is 0. The monoisotopic (exact) mass is 404 g/mol. The van der Waals surface area contributed by atoms with E-state index in [0.29, 0.717) is 10.8 Å². The van der Waals surface area contributed by atoms with E-state index in [9.17, 15) is 0 Å². The highest BCUT2D eigenvalue weighted by molar-refractivity contribution is 6.21. The van der Waals surface area contributed by atoms with Crippen LogP contribution in [0.4, 0.5) is 0 Å². The highest BCUT2D eigenvalue weighted by Gasteiger charge is 2.59. The van der Waals surface area contributed by atoms with E-state index in [0.717, 1.165) is 41.4 Å². The van der Waals surface area contributed by atoms with E-state index in [4.69, 9.17) is 11.6 Å². The summed E-state index contributed by atoms with van der Waals surface area (Å²) in [6, 6.07) is 0. The normalized spacial score (nSPS) is 48.8. The molecule has 0 unspecified atom stereocenters. The van der Waals surface area contributed by atoms with Gasteiger partial charge in [0.15, 0.2) is 0 Å². The summed E-state index contributed by atoms with van der Waals surface area (Å²) in [6.45, 7) is 12.7. The van der Waals surface area contributed by atoms with Crippen LogP contribution in [0, 0.1) is 52.3 Å². The van der Waals surface area contributed by atoms with Gasteiger partial charge in [0.25, 0.3) is 0 Å². The quantitative estimate of drug-likeness (QED) is 0.318. The zero-order valence-electron chi connectivity index (χ0n) is 19.2. The van der Waals surface area contributed by atoms with E-state index in [-0.39, 0.29) is 5.38 Å². The maximum atomic E-state index is 6.51. The van der Waals surface area contributed by atoms with E-state index in [1.165, 1.54) is 64.2 Å². The standard InChI is InChI=1S/C27H45Cl/c1-18(2)7-6-8-19(3)23-11-12-24-22-10-9-20-17-21(28)13-15-26(20,4)25(22)14-16-27(23,24)5/h13,15,18-25H,6-12,14,16-17H2,1-5H3/t19-,20+,21-,22+,23+,24-,25+,26+,27-/m1/s1. The van der Waals surface area contributed by atoms with Gasteiger partial charge < -0.3 is 0 Å². The number of hydrogen-bond acceptors (Lipinski definition) is 0. The zero-order chi connectivity index (χ0) is 20.1. The molecule has 0 spiro atoms. The molecule has 160 valence electrons. The lowest BCUT2D eigenvalue weighted by molar-refractivity contribution is -0.0843. The van der Waals surface area contributed by atoms with Crippen molar-refractivity contribution in [3.05, 3.63) is 12.2 Å². The van der Waals surface area contributed by atoms with Gasteiger partial charge in [-0.1, -0.05) is 66.0 Å². The maximum absolute atomic E-state index is 6.51. The molecule has 0 aromatic heterocycles. The van der Waals surface area contributed by atoms with Gasteiger partial charge in [-0.3, -0.25) is 0 Å². The number of rotatable bonds is 5. The van der Waals surface area contributed by atoms with Crippen molar-refractivity contribution in [3.8, 4) is 0 Å². The lowest BCUT2D eigenvalue weighted by Gasteiger charge is -2.59. The van der Waals surface area contributed by atoms with Gasteiger partial charge >= 0.3 is 0 Å². The van der Waals surface area contributed by atoms with Crippen LogP contribution in [-0.2, 0) is 0 Å². The van der Waals surface area contributed by atoms with Crippen LogP contribution >= 0.6 is 11.6 Å². The number of allylic oxidation sites excluding steroid dienone is 2. The number of fused-ring (bicyclic) bond motifs is 5. The molecule has 0 heterocycles. The summed E-state index contributed by atoms with van der Waals surface area (Å²) in [5.74, 6) is 6.47. The Hall–Kier alpha value is 0.0300. The lowest BCUT2D eigenvalue weighted by atomic mass is 9.45. The molecule has 3 fully saturated rings. The topological polar surface area (TPSA) is 0 Å². The fourth-order valence-electron chi connectivity index (χ4n) is 8.79. The van der Waals surface area contributed by atoms with Crippen LogP contribution in [0.15, 0.2) is 12.2 Å². The van der Waals surface area contributed by atoms with Crippen molar-refractivity contribution in [2.24, 2.45) is 52.3 Å². The second-order valence-electron chi connectivity index (χ2n) is 12.2. The summed E-state index contributed by atoms with van der Waals surface area (Å²) in [5, 5.41) is 0.283. The fraction of sp³-hybridized carbons (Fsp3) is 0.926. The van der Waals surface area contributed by atoms with Gasteiger partial charge in [0, 0.05) is 0 Å². The van der Waals surface area contributed by atoms with E-state index < -0.39 is 0 Å². The number of alkyl halides is 1. The van der Waals surface area contributed by atoms with Gasteiger partial charge in [0.05, 0.1) is 5.38 Å². The Morgan fingerprint density at radius 1 is 0.964 bits per heavy atom. The summed E-state index contributed by atoms with van der Waals surface area (Å²) in [4.78, 5) is 0. The first kappa shape index (κ1) is 21.3. The molecule has 0 aliphatic heterocycles. The highest BCUT2D eigenvalue weighted by Crippen LogP contribution is 2.67. The van der Waals surface area contributed by atoms with Crippen LogP contribution in [0.1, 0.15) is 98.8 Å². The minimum Gasteiger partial charge on any atom is -0.118 e. The van der Waals surface area contributed by atoms with Gasteiger partial charge in [-0.25, -0.2) is 0 Å². The Kier molecular flexibility index (Phi) is 6.03. The van der Waals surface area contributed by atoms with Crippen molar-refractivity contribution in [1.82, 2.24) is 0 Å². The highest BCUT2D eigenvalue weighted by atomic mass is 35.5. The van der Waals surface area contributed by atoms with Gasteiger partial charge in [0.1, 0.15) is 0 Å². The second-order valence-corrected chi connectivity index (χ2v) is 12.7. The predicted molar refractivity (Wildman–Crippen MR) is 123 cm³/mol. The summed E-state index contributed by atoms with van der Waals surface area (Å²) >= 11 is 6.51. The second kappa shape index (κ2) is 7.94. The average molecular weight is 405 g/mol. The predicted octanol–water partition coefficient (Wildman–Crippen LogP) is 8.49. The van der Waals surface area contributed by atoms with E-state index in [1.54, 1.807) is 0 Å². The molecule has 3 saturated carbocycles. The first-order valence-electron chi connectivity index (χ1n) is 12.6. The molecule has 4 aliphatic carbocycles. The van der Waals surface area contributed by atoms with Gasteiger partial charge in [-0.05, 0) is 97.2 Å². The van der Waals surface area contributed by atoms with Crippen LogP contribution in [0.5, 0.6) is 0 Å². The van der Waals surface area contributed by atoms with Crippen molar-refractivity contribution < 1.29 is 0 Å². The Morgan fingerprint density at radius 2 is 1.75 bits per heavy atom. The minimum absolute atomic E-state index is 0.283.